The fraction of sp³-hybridized carbons (Fsp3) is 0.273. The Balaban J connectivity index is 2.32. The Morgan fingerprint density at radius 1 is 1.47 bits per heavy atom. The molecule has 0 atom stereocenters. The Morgan fingerprint density at radius 3 is 2.95 bits per heavy atom. The van der Waals surface area contributed by atoms with E-state index in [9.17, 15) is 4.79 Å². The highest BCUT2D eigenvalue weighted by atomic mass is 79.9. The van der Waals surface area contributed by atoms with Crippen LogP contribution in [0.25, 0.3) is 0 Å². The van der Waals surface area contributed by atoms with E-state index in [0.717, 1.165) is 16.8 Å². The molecule has 0 bridgehead atoms. The van der Waals surface area contributed by atoms with E-state index >= 15 is 0 Å². The van der Waals surface area contributed by atoms with E-state index < -0.39 is 0 Å². The predicted octanol–water partition coefficient (Wildman–Crippen LogP) is 2.21. The summed E-state index contributed by atoms with van der Waals surface area (Å²) < 4.78 is 0.756. The van der Waals surface area contributed by atoms with E-state index in [4.69, 9.17) is 0 Å². The van der Waals surface area contributed by atoms with Crippen LogP contribution in [0.15, 0.2) is 31.8 Å². The summed E-state index contributed by atoms with van der Waals surface area (Å²) >= 11 is 4.73. The third-order valence-corrected chi connectivity index (χ3v) is 4.05. The van der Waals surface area contributed by atoms with Crippen LogP contribution >= 0.6 is 27.7 Å². The number of nitrogens with zero attached hydrogens (tertiary/aromatic N) is 3. The predicted molar refractivity (Wildman–Crippen MR) is 77.6 cm³/mol. The van der Waals surface area contributed by atoms with E-state index in [1.165, 1.54) is 24.2 Å². The number of aromatic nitrogens is 4. The minimum absolute atomic E-state index is 0.174. The zero-order chi connectivity index (χ0) is 13.8. The molecular weight excluding hydrogens is 330 g/mol. The SMILES string of the molecule is CCNc1ncnc(Sc2nc(C)cc(=O)[nH]2)c1Br. The van der Waals surface area contributed by atoms with Gasteiger partial charge in [-0.2, -0.15) is 0 Å². The van der Waals surface area contributed by atoms with Crippen LogP contribution < -0.4 is 10.9 Å². The number of hydrogen-bond donors (Lipinski definition) is 2. The lowest BCUT2D eigenvalue weighted by atomic mass is 10.5. The molecule has 0 aromatic carbocycles. The number of hydrogen-bond acceptors (Lipinski definition) is 6. The monoisotopic (exact) mass is 341 g/mol. The number of nitrogens with one attached hydrogen (secondary N) is 2. The van der Waals surface area contributed by atoms with Crippen molar-refractivity contribution in [2.24, 2.45) is 0 Å². The van der Waals surface area contributed by atoms with Crippen LogP contribution in [0.5, 0.6) is 0 Å². The van der Waals surface area contributed by atoms with Crippen LogP contribution in [0.4, 0.5) is 5.82 Å². The molecule has 2 aromatic heterocycles. The van der Waals surface area contributed by atoms with E-state index in [1.807, 2.05) is 6.92 Å². The quantitative estimate of drug-likeness (QED) is 0.655. The Kier molecular flexibility index (Phi) is 4.54. The minimum atomic E-state index is -0.174. The summed E-state index contributed by atoms with van der Waals surface area (Å²) in [6, 6.07) is 1.45. The molecule has 19 heavy (non-hydrogen) atoms. The number of rotatable bonds is 4. The zero-order valence-electron chi connectivity index (χ0n) is 10.4. The summed E-state index contributed by atoms with van der Waals surface area (Å²) in [5.41, 5.74) is 0.496. The van der Waals surface area contributed by atoms with Gasteiger partial charge >= 0.3 is 0 Å². The molecular formula is C11H12BrN5OS. The lowest BCUT2D eigenvalue weighted by molar-refractivity contribution is 0.898. The summed E-state index contributed by atoms with van der Waals surface area (Å²) in [6.45, 7) is 4.53. The first-order valence-electron chi connectivity index (χ1n) is 5.60. The number of H-pyrrole nitrogens is 1. The van der Waals surface area contributed by atoms with Gasteiger partial charge in [0.15, 0.2) is 5.16 Å². The standard InChI is InChI=1S/C11H12BrN5OS/c1-3-13-9-8(12)10(15-5-14-9)19-11-16-6(2)4-7(18)17-11/h4-5H,3H2,1-2H3,(H,13,14,15)(H,16,17,18). The number of aromatic amines is 1. The third-order valence-electron chi connectivity index (χ3n) is 2.14. The maximum atomic E-state index is 11.4. The summed E-state index contributed by atoms with van der Waals surface area (Å²) in [5, 5.41) is 4.32. The summed E-state index contributed by atoms with van der Waals surface area (Å²) in [7, 11) is 0. The second-order valence-corrected chi connectivity index (χ2v) is 5.44. The van der Waals surface area contributed by atoms with Crippen molar-refractivity contribution < 1.29 is 0 Å². The van der Waals surface area contributed by atoms with Crippen LogP contribution in [0.1, 0.15) is 12.6 Å². The van der Waals surface area contributed by atoms with Crippen LogP contribution in [-0.4, -0.2) is 26.5 Å². The first-order chi connectivity index (χ1) is 9.10. The van der Waals surface area contributed by atoms with Crippen molar-refractivity contribution in [3.8, 4) is 0 Å². The van der Waals surface area contributed by atoms with Crippen molar-refractivity contribution >= 4 is 33.5 Å². The summed E-state index contributed by atoms with van der Waals surface area (Å²) in [5.74, 6) is 0.718. The van der Waals surface area contributed by atoms with Gasteiger partial charge < -0.3 is 10.3 Å². The van der Waals surface area contributed by atoms with E-state index in [1.54, 1.807) is 6.92 Å². The molecule has 2 N–H and O–H groups in total. The highest BCUT2D eigenvalue weighted by Crippen LogP contribution is 2.32. The molecule has 100 valence electrons. The molecule has 0 aliphatic carbocycles. The van der Waals surface area contributed by atoms with Gasteiger partial charge in [0.05, 0.1) is 4.47 Å². The first-order valence-corrected chi connectivity index (χ1v) is 7.21. The van der Waals surface area contributed by atoms with E-state index in [-0.39, 0.29) is 5.56 Å². The molecule has 0 amide bonds. The van der Waals surface area contributed by atoms with Crippen molar-refractivity contribution in [3.05, 3.63) is 32.9 Å². The molecule has 0 fully saturated rings. The zero-order valence-corrected chi connectivity index (χ0v) is 12.8. The number of halogens is 1. The van der Waals surface area contributed by atoms with Crippen LogP contribution in [-0.2, 0) is 0 Å². The number of anilines is 1. The second kappa shape index (κ2) is 6.16. The maximum Gasteiger partial charge on any atom is 0.251 e. The van der Waals surface area contributed by atoms with Gasteiger partial charge in [0.2, 0.25) is 0 Å². The topological polar surface area (TPSA) is 83.6 Å². The highest BCUT2D eigenvalue weighted by molar-refractivity contribution is 9.10. The van der Waals surface area contributed by atoms with Crippen LogP contribution in [0.3, 0.4) is 0 Å². The van der Waals surface area contributed by atoms with Crippen molar-refractivity contribution in [3.63, 3.8) is 0 Å². The molecule has 2 rings (SSSR count). The lowest BCUT2D eigenvalue weighted by Crippen LogP contribution is -2.08. The lowest BCUT2D eigenvalue weighted by Gasteiger charge is -2.08. The van der Waals surface area contributed by atoms with E-state index in [2.05, 4.69) is 41.2 Å². The molecule has 6 nitrogen and oxygen atoms in total. The fourth-order valence-corrected chi connectivity index (χ4v) is 2.81. The molecule has 0 spiro atoms. The number of aryl methyl sites for hydroxylation is 1. The second-order valence-electron chi connectivity index (χ2n) is 3.67. The normalized spacial score (nSPS) is 10.5. The van der Waals surface area contributed by atoms with Gasteiger partial charge in [0.1, 0.15) is 17.2 Å². The van der Waals surface area contributed by atoms with Gasteiger partial charge in [-0.1, -0.05) is 0 Å². The summed E-state index contributed by atoms with van der Waals surface area (Å²) in [4.78, 5) is 26.6. The fourth-order valence-electron chi connectivity index (χ4n) is 1.41. The van der Waals surface area contributed by atoms with Crippen LogP contribution in [0.2, 0.25) is 0 Å². The Labute approximate surface area is 122 Å². The maximum absolute atomic E-state index is 11.4. The first kappa shape index (κ1) is 14.0. The van der Waals surface area contributed by atoms with Crippen molar-refractivity contribution in [2.45, 2.75) is 24.0 Å². The van der Waals surface area contributed by atoms with Crippen LogP contribution in [0, 0.1) is 6.92 Å². The largest absolute Gasteiger partial charge is 0.369 e. The van der Waals surface area contributed by atoms with E-state index in [0.29, 0.717) is 15.9 Å². The molecule has 2 aromatic rings. The molecule has 0 unspecified atom stereocenters. The average Bonchev–Trinajstić information content (AvgIpc) is 2.33. The van der Waals surface area contributed by atoms with Gasteiger partial charge in [-0.05, 0) is 41.5 Å². The van der Waals surface area contributed by atoms with Gasteiger partial charge in [-0.25, -0.2) is 15.0 Å². The molecule has 8 heteroatoms. The molecule has 0 aliphatic rings. The molecule has 0 saturated carbocycles. The highest BCUT2D eigenvalue weighted by Gasteiger charge is 2.11. The molecule has 0 saturated heterocycles. The smallest absolute Gasteiger partial charge is 0.251 e. The van der Waals surface area contributed by atoms with Gasteiger partial charge in [0.25, 0.3) is 5.56 Å². The molecule has 0 radical (unpaired) electrons. The molecule has 2 heterocycles. The van der Waals surface area contributed by atoms with Crippen molar-refractivity contribution in [2.75, 3.05) is 11.9 Å². The van der Waals surface area contributed by atoms with Gasteiger partial charge in [-0.3, -0.25) is 4.79 Å². The van der Waals surface area contributed by atoms with Crippen molar-refractivity contribution in [1.29, 1.82) is 0 Å². The Bertz CT molecular complexity index is 645. The van der Waals surface area contributed by atoms with Gasteiger partial charge in [-0.15, -0.1) is 0 Å². The third kappa shape index (κ3) is 3.54. The minimum Gasteiger partial charge on any atom is -0.369 e. The Hall–Kier alpha value is -1.41. The Morgan fingerprint density at radius 2 is 2.26 bits per heavy atom. The summed E-state index contributed by atoms with van der Waals surface area (Å²) in [6.07, 6.45) is 1.47. The molecule has 0 aliphatic heterocycles. The average molecular weight is 342 g/mol. The van der Waals surface area contributed by atoms with Crippen molar-refractivity contribution in [1.82, 2.24) is 19.9 Å². The van der Waals surface area contributed by atoms with Gasteiger partial charge in [0, 0.05) is 18.3 Å².